The molecule has 0 saturated carbocycles. The van der Waals surface area contributed by atoms with Crippen molar-refractivity contribution >= 4 is 5.91 Å². The van der Waals surface area contributed by atoms with Gasteiger partial charge in [-0.1, -0.05) is 6.92 Å². The maximum atomic E-state index is 12.1. The predicted octanol–water partition coefficient (Wildman–Crippen LogP) is 1.14. The Morgan fingerprint density at radius 3 is 2.69 bits per heavy atom. The monoisotopic (exact) mass is 228 g/mol. The van der Waals surface area contributed by atoms with Crippen molar-refractivity contribution < 1.29 is 9.53 Å². The summed E-state index contributed by atoms with van der Waals surface area (Å²) in [6.07, 6.45) is 1.47. The van der Waals surface area contributed by atoms with Crippen LogP contribution in [0.3, 0.4) is 0 Å². The highest BCUT2D eigenvalue weighted by molar-refractivity contribution is 5.77. The molecule has 1 amide bonds. The molecule has 16 heavy (non-hydrogen) atoms. The van der Waals surface area contributed by atoms with Crippen LogP contribution in [-0.2, 0) is 9.53 Å². The Hall–Kier alpha value is -0.610. The van der Waals surface area contributed by atoms with Gasteiger partial charge in [-0.3, -0.25) is 4.79 Å². The summed E-state index contributed by atoms with van der Waals surface area (Å²) in [4.78, 5) is 14.1. The zero-order chi connectivity index (χ0) is 12.3. The number of carbonyl (C=O) groups excluding carboxylic acids is 1. The summed E-state index contributed by atoms with van der Waals surface area (Å²) in [6, 6.07) is 0.214. The van der Waals surface area contributed by atoms with Crippen LogP contribution in [0.15, 0.2) is 0 Å². The summed E-state index contributed by atoms with van der Waals surface area (Å²) in [5.41, 5.74) is 5.45. The van der Waals surface area contributed by atoms with Gasteiger partial charge in [-0.05, 0) is 27.2 Å². The van der Waals surface area contributed by atoms with Crippen molar-refractivity contribution in [2.24, 2.45) is 5.73 Å². The van der Waals surface area contributed by atoms with Crippen molar-refractivity contribution in [2.75, 3.05) is 13.2 Å². The third kappa shape index (κ3) is 3.76. The highest BCUT2D eigenvalue weighted by atomic mass is 16.5. The maximum Gasteiger partial charge on any atom is 0.224 e. The number of hydrogen-bond acceptors (Lipinski definition) is 3. The zero-order valence-corrected chi connectivity index (χ0v) is 10.8. The van der Waals surface area contributed by atoms with Gasteiger partial charge in [0.25, 0.3) is 0 Å². The standard InChI is InChI=1S/C12H24N2O2/c1-5-10-8-16-9(2)7-14(10)11(15)6-12(3,4)13/h9-10H,5-8,13H2,1-4H3. The van der Waals surface area contributed by atoms with Crippen molar-refractivity contribution in [1.82, 2.24) is 4.90 Å². The van der Waals surface area contributed by atoms with E-state index in [1.807, 2.05) is 25.7 Å². The van der Waals surface area contributed by atoms with Crippen LogP contribution < -0.4 is 5.73 Å². The summed E-state index contributed by atoms with van der Waals surface area (Å²) in [5.74, 6) is 0.148. The topological polar surface area (TPSA) is 55.6 Å². The van der Waals surface area contributed by atoms with Gasteiger partial charge in [0.05, 0.1) is 18.8 Å². The van der Waals surface area contributed by atoms with Gasteiger partial charge in [-0.25, -0.2) is 0 Å². The molecule has 0 bridgehead atoms. The van der Waals surface area contributed by atoms with Crippen molar-refractivity contribution in [3.63, 3.8) is 0 Å². The molecule has 0 aromatic heterocycles. The lowest BCUT2D eigenvalue weighted by atomic mass is 10.00. The molecule has 0 aromatic rings. The van der Waals surface area contributed by atoms with Crippen molar-refractivity contribution in [3.8, 4) is 0 Å². The number of ether oxygens (including phenoxy) is 1. The first-order valence-corrected chi connectivity index (χ1v) is 6.03. The predicted molar refractivity (Wildman–Crippen MR) is 64.1 cm³/mol. The summed E-state index contributed by atoms with van der Waals surface area (Å²) in [5, 5.41) is 0. The van der Waals surface area contributed by atoms with Gasteiger partial charge in [0, 0.05) is 18.5 Å². The Bertz CT molecular complexity index is 248. The lowest BCUT2D eigenvalue weighted by molar-refractivity contribution is -0.145. The Balaban J connectivity index is 2.63. The molecular weight excluding hydrogens is 204 g/mol. The second-order valence-electron chi connectivity index (χ2n) is 5.42. The molecule has 1 saturated heterocycles. The Morgan fingerprint density at radius 1 is 1.56 bits per heavy atom. The number of carbonyl (C=O) groups is 1. The lowest BCUT2D eigenvalue weighted by Crippen LogP contribution is -2.53. The smallest absolute Gasteiger partial charge is 0.224 e. The average Bonchev–Trinajstić information content (AvgIpc) is 2.15. The Labute approximate surface area is 98.1 Å². The van der Waals surface area contributed by atoms with E-state index in [0.717, 1.165) is 6.42 Å². The van der Waals surface area contributed by atoms with Crippen LogP contribution in [0.2, 0.25) is 0 Å². The zero-order valence-electron chi connectivity index (χ0n) is 10.8. The molecule has 0 aliphatic carbocycles. The minimum atomic E-state index is -0.434. The van der Waals surface area contributed by atoms with Crippen LogP contribution in [0.1, 0.15) is 40.5 Å². The molecule has 0 aromatic carbocycles. The van der Waals surface area contributed by atoms with Gasteiger partial charge in [0.2, 0.25) is 5.91 Å². The number of morpholine rings is 1. The summed E-state index contributed by atoms with van der Waals surface area (Å²) in [6.45, 7) is 9.19. The maximum absolute atomic E-state index is 12.1. The Morgan fingerprint density at radius 2 is 2.19 bits per heavy atom. The highest BCUT2D eigenvalue weighted by Crippen LogP contribution is 2.17. The van der Waals surface area contributed by atoms with E-state index in [4.69, 9.17) is 10.5 Å². The molecule has 2 atom stereocenters. The van der Waals surface area contributed by atoms with E-state index >= 15 is 0 Å². The van der Waals surface area contributed by atoms with E-state index < -0.39 is 5.54 Å². The molecule has 4 nitrogen and oxygen atoms in total. The molecule has 1 aliphatic rings. The van der Waals surface area contributed by atoms with E-state index in [1.54, 1.807) is 0 Å². The van der Waals surface area contributed by atoms with Crippen LogP contribution in [0.4, 0.5) is 0 Å². The summed E-state index contributed by atoms with van der Waals surface area (Å²) >= 11 is 0. The molecule has 1 rings (SSSR count). The second kappa shape index (κ2) is 5.15. The fourth-order valence-electron chi connectivity index (χ4n) is 1.98. The van der Waals surface area contributed by atoms with Crippen LogP contribution in [0.5, 0.6) is 0 Å². The van der Waals surface area contributed by atoms with Crippen LogP contribution in [-0.4, -0.2) is 41.6 Å². The van der Waals surface area contributed by atoms with Crippen LogP contribution in [0, 0.1) is 0 Å². The molecule has 2 N–H and O–H groups in total. The van der Waals surface area contributed by atoms with E-state index in [-0.39, 0.29) is 18.1 Å². The SMILES string of the molecule is CCC1COC(C)CN1C(=O)CC(C)(C)N. The average molecular weight is 228 g/mol. The molecule has 2 unspecified atom stereocenters. The van der Waals surface area contributed by atoms with Gasteiger partial charge < -0.3 is 15.4 Å². The van der Waals surface area contributed by atoms with Crippen molar-refractivity contribution in [2.45, 2.75) is 58.2 Å². The van der Waals surface area contributed by atoms with Crippen molar-refractivity contribution in [1.29, 1.82) is 0 Å². The minimum absolute atomic E-state index is 0.132. The first-order valence-electron chi connectivity index (χ1n) is 6.03. The molecule has 94 valence electrons. The normalized spacial score (nSPS) is 26.9. The molecule has 1 heterocycles. The van der Waals surface area contributed by atoms with Gasteiger partial charge in [0.1, 0.15) is 0 Å². The summed E-state index contributed by atoms with van der Waals surface area (Å²) in [7, 11) is 0. The largest absolute Gasteiger partial charge is 0.375 e. The fourth-order valence-corrected chi connectivity index (χ4v) is 1.98. The summed E-state index contributed by atoms with van der Waals surface area (Å²) < 4.78 is 5.57. The van der Waals surface area contributed by atoms with Gasteiger partial charge in [-0.15, -0.1) is 0 Å². The van der Waals surface area contributed by atoms with Crippen LogP contribution >= 0.6 is 0 Å². The number of amides is 1. The highest BCUT2D eigenvalue weighted by Gasteiger charge is 2.31. The number of nitrogens with two attached hydrogens (primary N) is 1. The third-order valence-corrected chi connectivity index (χ3v) is 2.87. The second-order valence-corrected chi connectivity index (χ2v) is 5.42. The van der Waals surface area contributed by atoms with E-state index in [1.165, 1.54) is 0 Å². The number of hydrogen-bond donors (Lipinski definition) is 1. The number of nitrogens with zero attached hydrogens (tertiary/aromatic N) is 1. The molecule has 0 radical (unpaired) electrons. The van der Waals surface area contributed by atoms with Gasteiger partial charge in [0.15, 0.2) is 0 Å². The quantitative estimate of drug-likeness (QED) is 0.788. The third-order valence-electron chi connectivity index (χ3n) is 2.87. The number of rotatable bonds is 3. The molecule has 1 aliphatic heterocycles. The van der Waals surface area contributed by atoms with Gasteiger partial charge >= 0.3 is 0 Å². The fraction of sp³-hybridized carbons (Fsp3) is 0.917. The van der Waals surface area contributed by atoms with E-state index in [0.29, 0.717) is 19.6 Å². The van der Waals surface area contributed by atoms with Gasteiger partial charge in [-0.2, -0.15) is 0 Å². The molecular formula is C12H24N2O2. The lowest BCUT2D eigenvalue weighted by Gasteiger charge is -2.39. The van der Waals surface area contributed by atoms with Crippen molar-refractivity contribution in [3.05, 3.63) is 0 Å². The first kappa shape index (κ1) is 13.5. The Kier molecular flexibility index (Phi) is 4.33. The van der Waals surface area contributed by atoms with E-state index in [2.05, 4.69) is 6.92 Å². The molecule has 1 fully saturated rings. The minimum Gasteiger partial charge on any atom is -0.375 e. The molecule has 0 spiro atoms. The van der Waals surface area contributed by atoms with Crippen LogP contribution in [0.25, 0.3) is 0 Å². The molecule has 4 heteroatoms. The van der Waals surface area contributed by atoms with E-state index in [9.17, 15) is 4.79 Å². The first-order chi connectivity index (χ1) is 7.33.